The number of carbonyl (C=O) groups is 2. The maximum absolute atomic E-state index is 13.6. The van der Waals surface area contributed by atoms with Gasteiger partial charge in [0, 0.05) is 19.1 Å². The van der Waals surface area contributed by atoms with Gasteiger partial charge in [0.25, 0.3) is 0 Å². The summed E-state index contributed by atoms with van der Waals surface area (Å²) in [6, 6.07) is 0. The first-order valence-corrected chi connectivity index (χ1v) is 17.7. The summed E-state index contributed by atoms with van der Waals surface area (Å²) < 4.78 is 25.4. The van der Waals surface area contributed by atoms with Gasteiger partial charge in [-0.1, -0.05) is 95.8 Å². The molecule has 0 bridgehead atoms. The number of carboxylic acids is 1. The van der Waals surface area contributed by atoms with Crippen molar-refractivity contribution in [1.29, 1.82) is 0 Å². The molecule has 3 atom stereocenters. The number of nitrogen functional groups attached to an aromatic ring is 1. The zero-order valence-corrected chi connectivity index (χ0v) is 27.7. The molecule has 9 nitrogen and oxygen atoms in total. The molecule has 3 heterocycles. The van der Waals surface area contributed by atoms with Crippen LogP contribution >= 0.6 is 0 Å². The molecule has 1 aromatic heterocycles. The van der Waals surface area contributed by atoms with E-state index in [2.05, 4.69) is 20.9 Å². The molecule has 0 spiro atoms. The van der Waals surface area contributed by atoms with Crippen LogP contribution in [0.4, 0.5) is 15.9 Å². The minimum absolute atomic E-state index is 0.0506. The third-order valence-corrected chi connectivity index (χ3v) is 9.20. The van der Waals surface area contributed by atoms with Gasteiger partial charge in [-0.15, -0.1) is 6.42 Å². The van der Waals surface area contributed by atoms with Gasteiger partial charge in [-0.2, -0.15) is 9.37 Å². The second-order valence-corrected chi connectivity index (χ2v) is 13.1. The van der Waals surface area contributed by atoms with Gasteiger partial charge in [0.05, 0.1) is 11.8 Å². The monoisotopic (exact) mass is 642 g/mol. The largest absolute Gasteiger partial charge is 0.481 e. The molecule has 1 aromatic rings. The van der Waals surface area contributed by atoms with Crippen molar-refractivity contribution in [3.8, 4) is 12.3 Å². The second-order valence-electron chi connectivity index (χ2n) is 13.1. The molecule has 1 unspecified atom stereocenters. The van der Waals surface area contributed by atoms with Crippen LogP contribution in [0.3, 0.4) is 0 Å². The number of aliphatic imine (C=N–C) groups is 1. The highest BCUT2D eigenvalue weighted by molar-refractivity contribution is 5.73. The number of hydrogen-bond acceptors (Lipinski definition) is 8. The van der Waals surface area contributed by atoms with Crippen LogP contribution in [0.5, 0.6) is 0 Å². The molecule has 0 aromatic carbocycles. The Morgan fingerprint density at radius 2 is 1.50 bits per heavy atom. The molecule has 256 valence electrons. The predicted octanol–water partition coefficient (Wildman–Crippen LogP) is 8.05. The summed E-state index contributed by atoms with van der Waals surface area (Å²) in [7, 11) is 0. The van der Waals surface area contributed by atoms with E-state index in [9.17, 15) is 14.0 Å². The van der Waals surface area contributed by atoms with Crippen molar-refractivity contribution >= 4 is 29.7 Å². The fraction of sp³-hybridized carbons (Fsp3) is 0.750. The molecule has 0 aliphatic carbocycles. The Labute approximate surface area is 274 Å². The summed E-state index contributed by atoms with van der Waals surface area (Å²) in [6.07, 6.45) is 29.6. The summed E-state index contributed by atoms with van der Waals surface area (Å²) in [4.78, 5) is 34.8. The smallest absolute Gasteiger partial charge is 0.310 e. The lowest BCUT2D eigenvalue weighted by atomic mass is 9.95. The normalized spacial score (nSPS) is 20.6. The molecule has 1 saturated heterocycles. The first kappa shape index (κ1) is 37.4. The van der Waals surface area contributed by atoms with E-state index in [-0.39, 0.29) is 30.4 Å². The van der Waals surface area contributed by atoms with Crippen LogP contribution in [-0.2, 0) is 25.5 Å². The molecule has 1 fully saturated rings. The number of carbonyl (C=O) groups excluding carboxylic acids is 1. The van der Waals surface area contributed by atoms with Crippen molar-refractivity contribution in [2.75, 3.05) is 12.3 Å². The fourth-order valence-corrected chi connectivity index (χ4v) is 6.44. The Kier molecular flexibility index (Phi) is 17.0. The van der Waals surface area contributed by atoms with Crippen molar-refractivity contribution in [1.82, 2.24) is 9.97 Å². The van der Waals surface area contributed by atoms with Gasteiger partial charge < -0.3 is 20.3 Å². The lowest BCUT2D eigenvalue weighted by Crippen LogP contribution is -2.34. The molecule has 0 radical (unpaired) electrons. The third-order valence-electron chi connectivity index (χ3n) is 9.20. The summed E-state index contributed by atoms with van der Waals surface area (Å²) in [5, 5.41) is 8.65. The van der Waals surface area contributed by atoms with Gasteiger partial charge in [0.2, 0.25) is 0 Å². The number of nitrogens with two attached hydrogens (primary N) is 1. The topological polar surface area (TPSA) is 137 Å². The van der Waals surface area contributed by atoms with E-state index in [1.165, 1.54) is 64.2 Å². The minimum atomic E-state index is -0.894. The van der Waals surface area contributed by atoms with Gasteiger partial charge in [-0.25, -0.2) is 4.98 Å². The number of anilines is 1. The lowest BCUT2D eigenvalue weighted by molar-refractivity contribution is -0.151. The molecular weight excluding hydrogens is 587 g/mol. The molecule has 3 rings (SSSR count). The van der Waals surface area contributed by atoms with Gasteiger partial charge >= 0.3 is 18.0 Å². The number of fused-ring (bicyclic) bond motifs is 1. The number of aryl methyl sites for hydroxylation is 1. The number of unbranched alkanes of at least 4 members (excludes halogenated alkanes) is 15. The number of esters is 1. The SMILES string of the molecule is C#C[C@@]1(COC(=O)CCCCCCCCCCCCCCCCCCC(=O)O)CC[C@H](CC2C=Nc3c(N)nc(F)nc3CC2)O1. The lowest BCUT2D eigenvalue weighted by Gasteiger charge is -2.24. The number of ether oxygens (including phenoxy) is 2. The fourth-order valence-electron chi connectivity index (χ4n) is 6.44. The van der Waals surface area contributed by atoms with Crippen molar-refractivity contribution < 1.29 is 28.6 Å². The summed E-state index contributed by atoms with van der Waals surface area (Å²) in [5.74, 6) is 1.99. The second kappa shape index (κ2) is 20.9. The van der Waals surface area contributed by atoms with E-state index in [4.69, 9.17) is 26.7 Å². The van der Waals surface area contributed by atoms with E-state index >= 15 is 0 Å². The Balaban J connectivity index is 1.15. The Bertz CT molecular complexity index is 1160. The number of carboxylic acid groups (broad SMARTS) is 1. The zero-order chi connectivity index (χ0) is 33.0. The molecule has 2 aliphatic rings. The summed E-state index contributed by atoms with van der Waals surface area (Å²) in [6.45, 7) is 0.0724. The van der Waals surface area contributed by atoms with Crippen LogP contribution in [0.2, 0.25) is 0 Å². The molecular formula is C36H55FN4O5. The van der Waals surface area contributed by atoms with Crippen LogP contribution in [0.1, 0.15) is 147 Å². The maximum Gasteiger partial charge on any atom is 0.310 e. The van der Waals surface area contributed by atoms with Crippen LogP contribution in [0.25, 0.3) is 0 Å². The molecule has 3 N–H and O–H groups in total. The number of rotatable bonds is 23. The van der Waals surface area contributed by atoms with Gasteiger partial charge in [-0.05, 0) is 50.9 Å². The van der Waals surface area contributed by atoms with Crippen molar-refractivity contribution in [3.63, 3.8) is 0 Å². The number of aromatic nitrogens is 2. The summed E-state index contributed by atoms with van der Waals surface area (Å²) >= 11 is 0. The number of hydrogen-bond donors (Lipinski definition) is 2. The molecule has 46 heavy (non-hydrogen) atoms. The first-order valence-electron chi connectivity index (χ1n) is 17.7. The van der Waals surface area contributed by atoms with E-state index in [1.807, 2.05) is 6.21 Å². The highest BCUT2D eigenvalue weighted by Crippen LogP contribution is 2.36. The average Bonchev–Trinajstić information content (AvgIpc) is 3.32. The molecule has 2 aliphatic heterocycles. The highest BCUT2D eigenvalue weighted by atomic mass is 19.1. The van der Waals surface area contributed by atoms with Crippen LogP contribution < -0.4 is 5.73 Å². The van der Waals surface area contributed by atoms with Crippen molar-refractivity contribution in [2.45, 2.75) is 159 Å². The van der Waals surface area contributed by atoms with E-state index in [1.54, 1.807) is 0 Å². The third kappa shape index (κ3) is 14.1. The van der Waals surface area contributed by atoms with Crippen molar-refractivity contribution in [3.05, 3.63) is 11.8 Å². The Morgan fingerprint density at radius 1 is 0.935 bits per heavy atom. The van der Waals surface area contributed by atoms with Crippen molar-refractivity contribution in [2.24, 2.45) is 10.9 Å². The first-order chi connectivity index (χ1) is 22.3. The zero-order valence-electron chi connectivity index (χ0n) is 27.7. The maximum atomic E-state index is 13.6. The Morgan fingerprint density at radius 3 is 2.07 bits per heavy atom. The molecule has 0 saturated carbocycles. The number of halogens is 1. The number of terminal acetylenes is 1. The minimum Gasteiger partial charge on any atom is -0.481 e. The predicted molar refractivity (Wildman–Crippen MR) is 178 cm³/mol. The Hall–Kier alpha value is -3.06. The quantitative estimate of drug-likeness (QED) is 0.0529. The summed E-state index contributed by atoms with van der Waals surface area (Å²) in [5.41, 5.74) is 5.90. The molecule has 10 heteroatoms. The van der Waals surface area contributed by atoms with Crippen LogP contribution in [-0.4, -0.2) is 51.5 Å². The number of aliphatic carboxylic acids is 1. The van der Waals surface area contributed by atoms with Crippen LogP contribution in [0.15, 0.2) is 4.99 Å². The van der Waals surface area contributed by atoms with Gasteiger partial charge in [0.15, 0.2) is 11.4 Å². The van der Waals surface area contributed by atoms with E-state index in [0.29, 0.717) is 43.5 Å². The van der Waals surface area contributed by atoms with Gasteiger partial charge in [-0.3, -0.25) is 14.6 Å². The van der Waals surface area contributed by atoms with Crippen LogP contribution in [0, 0.1) is 24.3 Å². The average molecular weight is 643 g/mol. The highest BCUT2D eigenvalue weighted by Gasteiger charge is 2.40. The standard InChI is InChI=1S/C36H55FN4O5/c1-2-36(24-23-29(46-36)25-28-21-22-30-33(39-26-28)34(38)41-35(37)40-30)27-45-32(44)20-18-16-14-12-10-8-6-4-3-5-7-9-11-13-15-17-19-31(42)43/h1,26,28-29H,3-25,27H2,(H,42,43)(H2,38,40,41)/t28?,29-,36+/m1/s1. The molecule has 0 amide bonds. The number of nitrogens with zero attached hydrogens (tertiary/aromatic N) is 3. The van der Waals surface area contributed by atoms with E-state index < -0.39 is 17.6 Å². The van der Waals surface area contributed by atoms with Gasteiger partial charge in [0.1, 0.15) is 12.3 Å². The van der Waals surface area contributed by atoms with E-state index in [0.717, 1.165) is 51.4 Å².